The number of carbonyl (C=O) groups is 1. The predicted octanol–water partition coefficient (Wildman–Crippen LogP) is 4.61. The van der Waals surface area contributed by atoms with Crippen molar-refractivity contribution in [2.45, 2.75) is 70.3 Å². The number of rotatable bonds is 11. The van der Waals surface area contributed by atoms with Gasteiger partial charge in [-0.3, -0.25) is 4.79 Å². The van der Waals surface area contributed by atoms with E-state index < -0.39 is 23.6 Å². The summed E-state index contributed by atoms with van der Waals surface area (Å²) in [4.78, 5) is 32.4. The van der Waals surface area contributed by atoms with Gasteiger partial charge >= 0.3 is 5.92 Å². The van der Waals surface area contributed by atoms with Gasteiger partial charge in [-0.1, -0.05) is 25.1 Å². The Kier molecular flexibility index (Phi) is 8.22. The van der Waals surface area contributed by atoms with Crippen molar-refractivity contribution < 1.29 is 18.1 Å². The van der Waals surface area contributed by atoms with Gasteiger partial charge in [-0.05, 0) is 38.8 Å². The fraction of sp³-hybridized carbons (Fsp3) is 0.517. The summed E-state index contributed by atoms with van der Waals surface area (Å²) in [5.74, 6) is -2.74. The summed E-state index contributed by atoms with van der Waals surface area (Å²) in [6.45, 7) is 14.2. The molecular weight excluding hydrogens is 544 g/mol. The molecule has 0 unspecified atom stereocenters. The number of hydrogen-bond donors (Lipinski definition) is 3. The van der Waals surface area contributed by atoms with Crippen molar-refractivity contribution in [2.75, 3.05) is 41.7 Å². The standard InChI is InChI=1S/C29H37F2N9O2/c1-6-11-29(30,31)27-38-23(39-42-27)20-8-7-19(33-13-12-32-17(2)3)22(36-20)18-9-14-40(15-10-18)25-21-24(34-16-35-25)37-26(41)28(21,4)5/h6-8,16-18,32-33H,1,9-15H2,2-5H3,(H,34,35,37,41). The number of aromatic nitrogens is 5. The zero-order chi connectivity index (χ0) is 30.1. The first-order chi connectivity index (χ1) is 20.0. The highest BCUT2D eigenvalue weighted by atomic mass is 19.3. The van der Waals surface area contributed by atoms with E-state index in [1.807, 2.05) is 19.9 Å². The average Bonchev–Trinajstić information content (AvgIpc) is 3.55. The Labute approximate surface area is 243 Å². The number of hydrogen-bond acceptors (Lipinski definition) is 10. The molecule has 0 atom stereocenters. The summed E-state index contributed by atoms with van der Waals surface area (Å²) in [7, 11) is 0. The molecule has 2 aliphatic rings. The number of pyridine rings is 1. The normalized spacial score (nSPS) is 16.9. The Morgan fingerprint density at radius 3 is 2.69 bits per heavy atom. The Balaban J connectivity index is 1.39. The van der Waals surface area contributed by atoms with Crippen LogP contribution in [-0.2, 0) is 16.1 Å². The SMILES string of the molecule is C=CCC(F)(F)c1nc(-c2ccc(NCCNC(C)C)c(C3CCN(c4ncnc5c4C(C)(C)C(=O)N5)CC3)n2)no1. The summed E-state index contributed by atoms with van der Waals surface area (Å²) >= 11 is 0. The van der Waals surface area contributed by atoms with Gasteiger partial charge in [-0.15, -0.1) is 6.58 Å². The van der Waals surface area contributed by atoms with E-state index in [4.69, 9.17) is 9.51 Å². The third kappa shape index (κ3) is 5.83. The highest BCUT2D eigenvalue weighted by Gasteiger charge is 2.43. The van der Waals surface area contributed by atoms with E-state index >= 15 is 0 Å². The molecule has 3 aromatic heterocycles. The maximum absolute atomic E-state index is 14.3. The van der Waals surface area contributed by atoms with Crippen LogP contribution < -0.4 is 20.9 Å². The van der Waals surface area contributed by atoms with Gasteiger partial charge in [0.25, 0.3) is 5.89 Å². The molecule has 224 valence electrons. The Morgan fingerprint density at radius 2 is 1.98 bits per heavy atom. The minimum absolute atomic E-state index is 0.0106. The quantitative estimate of drug-likeness (QED) is 0.218. The van der Waals surface area contributed by atoms with Gasteiger partial charge in [0.05, 0.1) is 22.4 Å². The fourth-order valence-electron chi connectivity index (χ4n) is 5.39. The molecule has 13 heteroatoms. The van der Waals surface area contributed by atoms with Crippen molar-refractivity contribution in [3.63, 3.8) is 0 Å². The van der Waals surface area contributed by atoms with Crippen molar-refractivity contribution in [1.82, 2.24) is 30.4 Å². The molecule has 0 aromatic carbocycles. The van der Waals surface area contributed by atoms with Gasteiger partial charge in [0, 0.05) is 44.6 Å². The smallest absolute Gasteiger partial charge is 0.328 e. The molecule has 2 aliphatic heterocycles. The molecule has 0 radical (unpaired) electrons. The van der Waals surface area contributed by atoms with Gasteiger partial charge in [-0.25, -0.2) is 15.0 Å². The Hall–Kier alpha value is -4.00. The lowest BCUT2D eigenvalue weighted by atomic mass is 9.86. The number of amides is 1. The topological polar surface area (TPSA) is 134 Å². The van der Waals surface area contributed by atoms with Gasteiger partial charge in [-0.2, -0.15) is 13.8 Å². The molecule has 1 fully saturated rings. The van der Waals surface area contributed by atoms with Crippen molar-refractivity contribution in [3.05, 3.63) is 48.3 Å². The van der Waals surface area contributed by atoms with Gasteiger partial charge in [0.15, 0.2) is 0 Å². The van der Waals surface area contributed by atoms with Crippen LogP contribution in [-0.4, -0.2) is 63.2 Å². The maximum Gasteiger partial charge on any atom is 0.328 e. The van der Waals surface area contributed by atoms with Gasteiger partial charge in [0.2, 0.25) is 11.7 Å². The summed E-state index contributed by atoms with van der Waals surface area (Å²) < 4.78 is 33.6. The second-order valence-corrected chi connectivity index (χ2v) is 11.5. The monoisotopic (exact) mass is 581 g/mol. The molecule has 1 amide bonds. The largest absolute Gasteiger partial charge is 0.382 e. The summed E-state index contributed by atoms with van der Waals surface area (Å²) in [5.41, 5.74) is 2.15. The molecular formula is C29H37F2N9O2. The number of anilines is 3. The second kappa shape index (κ2) is 11.7. The molecule has 0 aliphatic carbocycles. The molecule has 5 rings (SSSR count). The third-order valence-corrected chi connectivity index (χ3v) is 7.72. The van der Waals surface area contributed by atoms with Crippen LogP contribution in [0, 0.1) is 0 Å². The molecule has 0 saturated carbocycles. The molecule has 42 heavy (non-hydrogen) atoms. The van der Waals surface area contributed by atoms with E-state index in [2.05, 4.69) is 61.4 Å². The van der Waals surface area contributed by atoms with Crippen molar-refractivity contribution in [2.24, 2.45) is 0 Å². The lowest BCUT2D eigenvalue weighted by molar-refractivity contribution is -0.119. The lowest BCUT2D eigenvalue weighted by Crippen LogP contribution is -2.36. The van der Waals surface area contributed by atoms with Crippen LogP contribution in [0.4, 0.5) is 26.1 Å². The highest BCUT2D eigenvalue weighted by Crippen LogP contribution is 2.43. The highest BCUT2D eigenvalue weighted by molar-refractivity contribution is 6.06. The van der Waals surface area contributed by atoms with Crippen molar-refractivity contribution in [3.8, 4) is 11.5 Å². The zero-order valence-electron chi connectivity index (χ0n) is 24.4. The number of allylic oxidation sites excluding steroid dienone is 1. The zero-order valence-corrected chi connectivity index (χ0v) is 24.4. The van der Waals surface area contributed by atoms with Crippen molar-refractivity contribution >= 4 is 23.2 Å². The summed E-state index contributed by atoms with van der Waals surface area (Å²) in [5, 5.41) is 13.5. The molecule has 3 aromatic rings. The first kappa shape index (κ1) is 29.5. The number of piperidine rings is 1. The Morgan fingerprint density at radius 1 is 1.21 bits per heavy atom. The average molecular weight is 582 g/mol. The van der Waals surface area contributed by atoms with E-state index in [1.165, 1.54) is 6.33 Å². The molecule has 3 N–H and O–H groups in total. The van der Waals surface area contributed by atoms with Crippen LogP contribution in [0.25, 0.3) is 11.5 Å². The second-order valence-electron chi connectivity index (χ2n) is 11.5. The van der Waals surface area contributed by atoms with Crippen LogP contribution >= 0.6 is 0 Å². The van der Waals surface area contributed by atoms with Crippen LogP contribution in [0.5, 0.6) is 0 Å². The van der Waals surface area contributed by atoms with Crippen LogP contribution in [0.1, 0.15) is 70.0 Å². The lowest BCUT2D eigenvalue weighted by Gasteiger charge is -2.35. The Bertz CT molecular complexity index is 1450. The minimum atomic E-state index is -3.30. The van der Waals surface area contributed by atoms with E-state index in [0.717, 1.165) is 48.2 Å². The number of halogens is 2. The maximum atomic E-state index is 14.3. The third-order valence-electron chi connectivity index (χ3n) is 7.72. The van der Waals surface area contributed by atoms with Gasteiger partial charge < -0.3 is 25.4 Å². The number of fused-ring (bicyclic) bond motifs is 1. The molecule has 11 nitrogen and oxygen atoms in total. The molecule has 5 heterocycles. The number of carbonyl (C=O) groups excluding carboxylic acids is 1. The van der Waals surface area contributed by atoms with E-state index in [-0.39, 0.29) is 17.6 Å². The number of nitrogens with zero attached hydrogens (tertiary/aromatic N) is 6. The van der Waals surface area contributed by atoms with E-state index in [0.29, 0.717) is 37.2 Å². The number of nitrogens with one attached hydrogen (secondary N) is 3. The van der Waals surface area contributed by atoms with Gasteiger partial charge in [0.1, 0.15) is 23.7 Å². The minimum Gasteiger partial charge on any atom is -0.382 e. The number of alkyl halides is 2. The van der Waals surface area contributed by atoms with Crippen LogP contribution in [0.15, 0.2) is 35.6 Å². The van der Waals surface area contributed by atoms with Crippen LogP contribution in [0.2, 0.25) is 0 Å². The van der Waals surface area contributed by atoms with Crippen molar-refractivity contribution in [1.29, 1.82) is 0 Å². The van der Waals surface area contributed by atoms with E-state index in [9.17, 15) is 13.6 Å². The fourth-order valence-corrected chi connectivity index (χ4v) is 5.39. The first-order valence-corrected chi connectivity index (χ1v) is 14.2. The predicted molar refractivity (Wildman–Crippen MR) is 156 cm³/mol. The summed E-state index contributed by atoms with van der Waals surface area (Å²) in [6.07, 6.45) is 3.54. The summed E-state index contributed by atoms with van der Waals surface area (Å²) in [6, 6.07) is 3.98. The molecule has 0 bridgehead atoms. The molecule has 0 spiro atoms. The molecule has 1 saturated heterocycles. The van der Waals surface area contributed by atoms with Crippen LogP contribution in [0.3, 0.4) is 0 Å². The van der Waals surface area contributed by atoms with E-state index in [1.54, 1.807) is 6.07 Å². The first-order valence-electron chi connectivity index (χ1n) is 14.2.